The van der Waals surface area contributed by atoms with Gasteiger partial charge >= 0.3 is 6.09 Å². The molecule has 7 heteroatoms. The molecule has 0 fully saturated rings. The van der Waals surface area contributed by atoms with Crippen molar-refractivity contribution in [2.24, 2.45) is 5.73 Å². The summed E-state index contributed by atoms with van der Waals surface area (Å²) in [7, 11) is 0. The van der Waals surface area contributed by atoms with Crippen LogP contribution in [-0.4, -0.2) is 28.3 Å². The molecule has 0 bridgehead atoms. The van der Waals surface area contributed by atoms with Crippen molar-refractivity contribution in [1.82, 2.24) is 4.98 Å². The number of carbonyl (C=O) groups is 1. The van der Waals surface area contributed by atoms with Crippen LogP contribution in [0.5, 0.6) is 0 Å². The zero-order chi connectivity index (χ0) is 13.1. The summed E-state index contributed by atoms with van der Waals surface area (Å²) in [6.45, 7) is 5.45. The fourth-order valence-electron chi connectivity index (χ4n) is 1.01. The average Bonchev–Trinajstić information content (AvgIpc) is 2.62. The molecule has 1 aromatic heterocycles. The third kappa shape index (κ3) is 4.68. The van der Waals surface area contributed by atoms with Gasteiger partial charge in [-0.1, -0.05) is 11.3 Å². The second-order valence-electron chi connectivity index (χ2n) is 4.45. The maximum atomic E-state index is 11.4. The number of hydrogen-bond donors (Lipinski definition) is 3. The molecule has 1 amide bonds. The van der Waals surface area contributed by atoms with E-state index in [2.05, 4.69) is 10.3 Å². The van der Waals surface area contributed by atoms with Crippen molar-refractivity contribution in [3.05, 3.63) is 11.1 Å². The zero-order valence-electron chi connectivity index (χ0n) is 10.1. The van der Waals surface area contributed by atoms with Crippen LogP contribution in [0, 0.1) is 0 Å². The summed E-state index contributed by atoms with van der Waals surface area (Å²) in [6.07, 6.45) is 0.164. The van der Waals surface area contributed by atoms with Gasteiger partial charge < -0.3 is 15.6 Å². The first kappa shape index (κ1) is 13.9. The van der Waals surface area contributed by atoms with E-state index in [1.54, 1.807) is 20.8 Å². The Morgan fingerprint density at radius 1 is 1.71 bits per heavy atom. The lowest BCUT2D eigenvalue weighted by atomic mass is 10.2. The summed E-state index contributed by atoms with van der Waals surface area (Å²) in [5.41, 5.74) is 4.76. The molecule has 0 saturated carbocycles. The molecule has 96 valence electrons. The van der Waals surface area contributed by atoms with E-state index in [1.807, 2.05) is 0 Å². The molecule has 6 nitrogen and oxygen atoms in total. The third-order valence-electron chi connectivity index (χ3n) is 1.68. The van der Waals surface area contributed by atoms with Crippen LogP contribution in [0.25, 0.3) is 0 Å². The highest BCUT2D eigenvalue weighted by atomic mass is 32.1. The summed E-state index contributed by atoms with van der Waals surface area (Å²) < 4.78 is 5.07. The van der Waals surface area contributed by atoms with Crippen LogP contribution in [-0.2, 0) is 4.74 Å². The molecule has 1 heterocycles. The van der Waals surface area contributed by atoms with Gasteiger partial charge in [-0.3, -0.25) is 5.32 Å². The van der Waals surface area contributed by atoms with Gasteiger partial charge in [-0.2, -0.15) is 0 Å². The quantitative estimate of drug-likeness (QED) is 0.764. The van der Waals surface area contributed by atoms with Crippen molar-refractivity contribution in [3.63, 3.8) is 0 Å². The average molecular weight is 259 g/mol. The van der Waals surface area contributed by atoms with Crippen molar-refractivity contribution in [3.8, 4) is 0 Å². The zero-order valence-corrected chi connectivity index (χ0v) is 10.9. The number of hydrogen-bond acceptors (Lipinski definition) is 6. The van der Waals surface area contributed by atoms with E-state index in [-0.39, 0.29) is 6.54 Å². The minimum Gasteiger partial charge on any atom is -0.444 e. The normalized spacial score (nSPS) is 13.2. The molecule has 0 saturated heterocycles. The number of carbonyl (C=O) groups excluding carboxylic acids is 1. The van der Waals surface area contributed by atoms with Crippen LogP contribution in [0.3, 0.4) is 0 Å². The van der Waals surface area contributed by atoms with Gasteiger partial charge in [-0.25, -0.2) is 9.78 Å². The highest BCUT2D eigenvalue weighted by Gasteiger charge is 2.18. The van der Waals surface area contributed by atoms with Gasteiger partial charge in [-0.05, 0) is 20.8 Å². The number of aliphatic hydroxyl groups is 1. The van der Waals surface area contributed by atoms with Crippen LogP contribution in [0.15, 0.2) is 6.20 Å². The van der Waals surface area contributed by atoms with E-state index in [9.17, 15) is 9.90 Å². The third-order valence-corrected chi connectivity index (χ3v) is 2.70. The molecular weight excluding hydrogens is 242 g/mol. The van der Waals surface area contributed by atoms with E-state index < -0.39 is 17.8 Å². The molecule has 1 aromatic rings. The predicted molar refractivity (Wildman–Crippen MR) is 66.0 cm³/mol. The summed E-state index contributed by atoms with van der Waals surface area (Å²) >= 11 is 1.17. The lowest BCUT2D eigenvalue weighted by Gasteiger charge is -2.18. The molecule has 1 atom stereocenters. The number of nitrogens with one attached hydrogen (secondary N) is 1. The first-order valence-electron chi connectivity index (χ1n) is 5.15. The minimum atomic E-state index is -0.748. The number of rotatable bonds is 3. The number of anilines is 1. The molecule has 17 heavy (non-hydrogen) atoms. The van der Waals surface area contributed by atoms with Crippen molar-refractivity contribution in [2.75, 3.05) is 11.9 Å². The standard InChI is InChI=1S/C10H17N3O3S/c1-10(2,3)16-9(15)13-8-12-5-7(17-8)6(14)4-11/h5-6,14H,4,11H2,1-3H3,(H,12,13,15). The van der Waals surface area contributed by atoms with Gasteiger partial charge in [0.1, 0.15) is 11.7 Å². The predicted octanol–water partition coefficient (Wildman–Crippen LogP) is 1.48. The fourth-order valence-corrected chi connectivity index (χ4v) is 1.81. The minimum absolute atomic E-state index is 0.119. The fraction of sp³-hybridized carbons (Fsp3) is 0.600. The number of ether oxygens (including phenoxy) is 1. The first-order chi connectivity index (χ1) is 7.81. The van der Waals surface area contributed by atoms with Crippen molar-refractivity contribution in [2.45, 2.75) is 32.5 Å². The van der Waals surface area contributed by atoms with Crippen molar-refractivity contribution >= 4 is 22.6 Å². The van der Waals surface area contributed by atoms with Crippen molar-refractivity contribution < 1.29 is 14.6 Å². The molecular formula is C10H17N3O3S. The van der Waals surface area contributed by atoms with Gasteiger partial charge in [0.25, 0.3) is 0 Å². The Morgan fingerprint density at radius 2 is 2.35 bits per heavy atom. The maximum absolute atomic E-state index is 11.4. The Balaban J connectivity index is 2.58. The van der Waals surface area contributed by atoms with E-state index in [0.717, 1.165) is 0 Å². The van der Waals surface area contributed by atoms with Gasteiger partial charge in [0.05, 0.1) is 4.88 Å². The van der Waals surface area contributed by atoms with Crippen LogP contribution in [0.4, 0.5) is 9.93 Å². The maximum Gasteiger partial charge on any atom is 0.413 e. The van der Waals surface area contributed by atoms with Gasteiger partial charge in [0.15, 0.2) is 5.13 Å². The number of thiazole rings is 1. The summed E-state index contributed by atoms with van der Waals surface area (Å²) in [4.78, 5) is 16.0. The lowest BCUT2D eigenvalue weighted by molar-refractivity contribution is 0.0636. The number of aromatic nitrogens is 1. The SMILES string of the molecule is CC(C)(C)OC(=O)Nc1ncc(C(O)CN)s1. The smallest absolute Gasteiger partial charge is 0.413 e. The molecule has 0 radical (unpaired) electrons. The second kappa shape index (κ2) is 5.44. The Hall–Kier alpha value is -1.18. The topological polar surface area (TPSA) is 97.5 Å². The van der Waals surface area contributed by atoms with Gasteiger partial charge in [0, 0.05) is 12.7 Å². The van der Waals surface area contributed by atoms with Gasteiger partial charge in [0.2, 0.25) is 0 Å². The summed E-state index contributed by atoms with van der Waals surface area (Å²) in [6, 6.07) is 0. The lowest BCUT2D eigenvalue weighted by Crippen LogP contribution is -2.27. The second-order valence-corrected chi connectivity index (χ2v) is 5.51. The molecule has 0 aliphatic rings. The van der Waals surface area contributed by atoms with E-state index >= 15 is 0 Å². The molecule has 0 aliphatic heterocycles. The highest BCUT2D eigenvalue weighted by molar-refractivity contribution is 7.15. The molecule has 1 unspecified atom stereocenters. The largest absolute Gasteiger partial charge is 0.444 e. The Morgan fingerprint density at radius 3 is 2.88 bits per heavy atom. The Kier molecular flexibility index (Phi) is 4.44. The van der Waals surface area contributed by atoms with E-state index in [1.165, 1.54) is 17.5 Å². The van der Waals surface area contributed by atoms with Gasteiger partial charge in [-0.15, -0.1) is 0 Å². The highest BCUT2D eigenvalue weighted by Crippen LogP contribution is 2.24. The number of aliphatic hydroxyl groups excluding tert-OH is 1. The summed E-state index contributed by atoms with van der Waals surface area (Å²) in [5.74, 6) is 0. The number of amides is 1. The molecule has 0 aromatic carbocycles. The van der Waals surface area contributed by atoms with Crippen LogP contribution < -0.4 is 11.1 Å². The van der Waals surface area contributed by atoms with E-state index in [4.69, 9.17) is 10.5 Å². The Bertz CT molecular complexity index is 386. The first-order valence-corrected chi connectivity index (χ1v) is 5.97. The van der Waals surface area contributed by atoms with E-state index in [0.29, 0.717) is 10.0 Å². The van der Waals surface area contributed by atoms with Crippen molar-refractivity contribution in [1.29, 1.82) is 0 Å². The number of nitrogens with two attached hydrogens (primary N) is 1. The van der Waals surface area contributed by atoms with Crippen LogP contribution >= 0.6 is 11.3 Å². The molecule has 0 spiro atoms. The van der Waals surface area contributed by atoms with Crippen LogP contribution in [0.2, 0.25) is 0 Å². The Labute approximate surface area is 104 Å². The monoisotopic (exact) mass is 259 g/mol. The summed E-state index contributed by atoms with van der Waals surface area (Å²) in [5, 5.41) is 12.3. The van der Waals surface area contributed by atoms with Crippen LogP contribution in [0.1, 0.15) is 31.8 Å². The molecule has 4 N–H and O–H groups in total. The number of nitrogens with zero attached hydrogens (tertiary/aromatic N) is 1. The molecule has 0 aliphatic carbocycles. The molecule has 1 rings (SSSR count).